The van der Waals surface area contributed by atoms with E-state index >= 15 is 0 Å². The van der Waals surface area contributed by atoms with E-state index in [1.54, 1.807) is 0 Å². The van der Waals surface area contributed by atoms with Crippen molar-refractivity contribution in [2.45, 2.75) is 80.1 Å². The van der Waals surface area contributed by atoms with Gasteiger partial charge in [-0.1, -0.05) is 64.5 Å². The monoisotopic (exact) mass is 399 g/mol. The van der Waals surface area contributed by atoms with E-state index in [0.717, 1.165) is 19.3 Å². The zero-order valence-electron chi connectivity index (χ0n) is 20.1. The molecule has 0 bridgehead atoms. The zero-order chi connectivity index (χ0) is 21.8. The van der Waals surface area contributed by atoms with E-state index in [1.165, 1.54) is 49.9 Å². The molecule has 0 amide bonds. The van der Waals surface area contributed by atoms with E-state index in [0.29, 0.717) is 5.92 Å². The van der Waals surface area contributed by atoms with Crippen LogP contribution in [0.2, 0.25) is 0 Å². The highest BCUT2D eigenvalue weighted by molar-refractivity contribution is 6.02. The van der Waals surface area contributed by atoms with Crippen LogP contribution >= 0.6 is 0 Å². The van der Waals surface area contributed by atoms with E-state index < -0.39 is 0 Å². The minimum absolute atomic E-state index is 0.0234. The van der Waals surface area contributed by atoms with Gasteiger partial charge in [-0.25, -0.2) is 0 Å². The molecule has 2 unspecified atom stereocenters. The topological polar surface area (TPSA) is 12.9 Å². The van der Waals surface area contributed by atoms with Crippen LogP contribution in [0.15, 0.2) is 47.7 Å². The van der Waals surface area contributed by atoms with Crippen molar-refractivity contribution >= 4 is 16.3 Å². The first-order valence-electron chi connectivity index (χ1n) is 11.7. The summed E-state index contributed by atoms with van der Waals surface area (Å²) in [5.74, 6) is 0.455. The van der Waals surface area contributed by atoms with Crippen LogP contribution in [0.4, 0.5) is 0 Å². The standard InChI is InChI=1S/C29H37N/c1-9-11-15-29(8,10-2)22-13-12-18(3)26-25(22)27-24-21(14-16-30-27)20(5)19(4)17-23(24)28(26,6)7/h11-12,14-17,22H,9-10,13H2,1-8H3. The van der Waals surface area contributed by atoms with Crippen LogP contribution in [0.25, 0.3) is 16.3 Å². The third kappa shape index (κ3) is 2.85. The van der Waals surface area contributed by atoms with Crippen LogP contribution in [0, 0.1) is 25.2 Å². The molecule has 2 aliphatic rings. The Hall–Kier alpha value is -2.15. The van der Waals surface area contributed by atoms with Gasteiger partial charge in [-0.15, -0.1) is 0 Å². The minimum atomic E-state index is -0.0234. The van der Waals surface area contributed by atoms with Gasteiger partial charge in [-0.2, -0.15) is 0 Å². The fourth-order valence-corrected chi connectivity index (χ4v) is 5.97. The van der Waals surface area contributed by atoms with Gasteiger partial charge in [0, 0.05) is 17.0 Å². The van der Waals surface area contributed by atoms with E-state index in [1.807, 2.05) is 6.20 Å². The first-order chi connectivity index (χ1) is 14.2. The molecular formula is C29H37N. The van der Waals surface area contributed by atoms with Crippen LogP contribution in [-0.4, -0.2) is 4.98 Å². The summed E-state index contributed by atoms with van der Waals surface area (Å²) in [5.41, 5.74) is 10.0. The van der Waals surface area contributed by atoms with Gasteiger partial charge in [0.25, 0.3) is 0 Å². The normalized spacial score (nSPS) is 22.3. The number of benzene rings is 1. The molecule has 2 atom stereocenters. The van der Waals surface area contributed by atoms with E-state index in [-0.39, 0.29) is 10.8 Å². The Bertz CT molecular complexity index is 1110. The largest absolute Gasteiger partial charge is 0.256 e. The molecule has 1 aromatic heterocycles. The Morgan fingerprint density at radius 2 is 1.93 bits per heavy atom. The van der Waals surface area contributed by atoms with Crippen molar-refractivity contribution in [3.05, 3.63) is 70.1 Å². The molecule has 0 saturated carbocycles. The molecule has 0 aliphatic heterocycles. The van der Waals surface area contributed by atoms with E-state index in [9.17, 15) is 0 Å². The molecule has 2 aromatic rings. The van der Waals surface area contributed by atoms with Gasteiger partial charge in [0.05, 0.1) is 5.69 Å². The summed E-state index contributed by atoms with van der Waals surface area (Å²) in [5, 5.41) is 2.77. The summed E-state index contributed by atoms with van der Waals surface area (Å²) >= 11 is 0. The predicted octanol–water partition coefficient (Wildman–Crippen LogP) is 8.25. The Labute approximate surface area is 183 Å². The summed E-state index contributed by atoms with van der Waals surface area (Å²) < 4.78 is 0. The van der Waals surface area contributed by atoms with Gasteiger partial charge in [0.1, 0.15) is 0 Å². The molecule has 0 saturated heterocycles. The Kier molecular flexibility index (Phi) is 5.08. The summed E-state index contributed by atoms with van der Waals surface area (Å²) in [6, 6.07) is 4.66. The van der Waals surface area contributed by atoms with Crippen molar-refractivity contribution in [3.8, 4) is 0 Å². The first kappa shape index (κ1) is 21.1. The van der Waals surface area contributed by atoms with Crippen LogP contribution in [-0.2, 0) is 5.41 Å². The third-order valence-electron chi connectivity index (χ3n) is 8.09. The summed E-state index contributed by atoms with van der Waals surface area (Å²) in [6.07, 6.45) is 12.7. The van der Waals surface area contributed by atoms with Crippen LogP contribution in [0.5, 0.6) is 0 Å². The number of aromatic nitrogens is 1. The van der Waals surface area contributed by atoms with E-state index in [4.69, 9.17) is 4.98 Å². The second-order valence-electron chi connectivity index (χ2n) is 10.2. The van der Waals surface area contributed by atoms with Gasteiger partial charge >= 0.3 is 0 Å². The quantitative estimate of drug-likeness (QED) is 0.472. The maximum absolute atomic E-state index is 5.06. The molecule has 1 heteroatoms. The van der Waals surface area contributed by atoms with Crippen LogP contribution < -0.4 is 0 Å². The number of aryl methyl sites for hydroxylation is 2. The smallest absolute Gasteiger partial charge is 0.0749 e. The SMILES string of the molecule is CCC=CC(C)(CC)C1CC=C(C)C2=C1c1nccc3c(C)c(C)cc(c13)C2(C)C. The lowest BCUT2D eigenvalue weighted by molar-refractivity contribution is 0.301. The number of hydrogen-bond donors (Lipinski definition) is 0. The fourth-order valence-electron chi connectivity index (χ4n) is 5.97. The molecule has 30 heavy (non-hydrogen) atoms. The van der Waals surface area contributed by atoms with Crippen molar-refractivity contribution in [1.82, 2.24) is 4.98 Å². The molecule has 158 valence electrons. The molecule has 1 nitrogen and oxygen atoms in total. The maximum Gasteiger partial charge on any atom is 0.0749 e. The predicted molar refractivity (Wildman–Crippen MR) is 131 cm³/mol. The van der Waals surface area contributed by atoms with Crippen molar-refractivity contribution in [3.63, 3.8) is 0 Å². The molecule has 1 aromatic carbocycles. The highest BCUT2D eigenvalue weighted by Gasteiger charge is 2.44. The highest BCUT2D eigenvalue weighted by atomic mass is 14.7. The molecular weight excluding hydrogens is 362 g/mol. The number of fused-ring (bicyclic) bond motifs is 1. The van der Waals surface area contributed by atoms with Crippen molar-refractivity contribution in [1.29, 1.82) is 0 Å². The highest BCUT2D eigenvalue weighted by Crippen LogP contribution is 2.57. The summed E-state index contributed by atoms with van der Waals surface area (Å²) in [6.45, 7) is 18.7. The fraction of sp³-hybridized carbons (Fsp3) is 0.483. The van der Waals surface area contributed by atoms with Crippen molar-refractivity contribution < 1.29 is 0 Å². The molecule has 0 spiro atoms. The van der Waals surface area contributed by atoms with Gasteiger partial charge in [0.15, 0.2) is 0 Å². The number of allylic oxidation sites excluding steroid dienone is 6. The Balaban J connectivity index is 2.10. The summed E-state index contributed by atoms with van der Waals surface area (Å²) in [4.78, 5) is 5.06. The lowest BCUT2D eigenvalue weighted by atomic mass is 9.58. The second kappa shape index (κ2) is 7.22. The molecule has 2 aliphatic carbocycles. The first-order valence-corrected chi connectivity index (χ1v) is 11.7. The molecule has 0 radical (unpaired) electrons. The van der Waals surface area contributed by atoms with E-state index in [2.05, 4.69) is 85.8 Å². The molecule has 0 N–H and O–H groups in total. The number of pyridine rings is 1. The Morgan fingerprint density at radius 1 is 1.20 bits per heavy atom. The van der Waals surface area contributed by atoms with Crippen LogP contribution in [0.3, 0.4) is 0 Å². The minimum Gasteiger partial charge on any atom is -0.256 e. The van der Waals surface area contributed by atoms with Gasteiger partial charge in [-0.05, 0) is 90.7 Å². The average molecular weight is 400 g/mol. The molecule has 1 heterocycles. The lowest BCUT2D eigenvalue weighted by Gasteiger charge is -2.46. The maximum atomic E-state index is 5.06. The zero-order valence-corrected chi connectivity index (χ0v) is 20.1. The molecule has 0 fully saturated rings. The second-order valence-corrected chi connectivity index (χ2v) is 10.2. The van der Waals surface area contributed by atoms with Crippen molar-refractivity contribution in [2.24, 2.45) is 11.3 Å². The van der Waals surface area contributed by atoms with Gasteiger partial charge in [-0.3, -0.25) is 4.98 Å². The molecule has 4 rings (SSSR count). The lowest BCUT2D eigenvalue weighted by Crippen LogP contribution is -2.35. The van der Waals surface area contributed by atoms with Gasteiger partial charge in [0.2, 0.25) is 0 Å². The van der Waals surface area contributed by atoms with Crippen molar-refractivity contribution in [2.75, 3.05) is 0 Å². The van der Waals surface area contributed by atoms with Crippen LogP contribution in [0.1, 0.15) is 83.2 Å². The Morgan fingerprint density at radius 3 is 2.60 bits per heavy atom. The number of hydrogen-bond acceptors (Lipinski definition) is 1. The number of rotatable bonds is 4. The third-order valence-corrected chi connectivity index (χ3v) is 8.09. The van der Waals surface area contributed by atoms with Gasteiger partial charge < -0.3 is 0 Å². The summed E-state index contributed by atoms with van der Waals surface area (Å²) in [7, 11) is 0. The number of nitrogens with zero attached hydrogens (tertiary/aromatic N) is 1. The average Bonchev–Trinajstić information content (AvgIpc) is 2.72.